The van der Waals surface area contributed by atoms with E-state index in [2.05, 4.69) is 40.8 Å². The van der Waals surface area contributed by atoms with E-state index in [1.54, 1.807) is 12.1 Å². The number of benzene rings is 2. The summed E-state index contributed by atoms with van der Waals surface area (Å²) in [6.07, 6.45) is 2.69. The molecule has 1 heterocycles. The number of nitrogens with one attached hydrogen (secondary N) is 3. The van der Waals surface area contributed by atoms with Gasteiger partial charge in [0, 0.05) is 29.2 Å². The van der Waals surface area contributed by atoms with E-state index in [4.69, 9.17) is 26.8 Å². The van der Waals surface area contributed by atoms with Gasteiger partial charge in [-0.1, -0.05) is 42.5 Å². The zero-order chi connectivity index (χ0) is 23.5. The lowest BCUT2D eigenvalue weighted by molar-refractivity contribution is 0.742. The van der Waals surface area contributed by atoms with Crippen LogP contribution in [-0.2, 0) is 0 Å². The minimum atomic E-state index is 0.439. The molecule has 0 saturated carbocycles. The lowest BCUT2D eigenvalue weighted by atomic mass is 10.1. The topological polar surface area (TPSA) is 85.7 Å². The number of anilines is 3. The highest BCUT2D eigenvalue weighted by Crippen LogP contribution is 2.30. The maximum absolute atomic E-state index is 9.04. The summed E-state index contributed by atoms with van der Waals surface area (Å²) in [7, 11) is 1.94. The normalized spacial score (nSPS) is 10.1. The molecule has 33 heavy (non-hydrogen) atoms. The van der Waals surface area contributed by atoms with Crippen LogP contribution in [0.5, 0.6) is 0 Å². The molecule has 3 rings (SSSR count). The number of hydrogen-bond acceptors (Lipinski definition) is 6. The average Bonchev–Trinajstić information content (AvgIpc) is 2.83. The average molecular weight is 459 g/mol. The summed E-state index contributed by atoms with van der Waals surface area (Å²) in [6, 6.07) is 16.9. The molecule has 0 radical (unpaired) electrons. The van der Waals surface area contributed by atoms with E-state index in [0.717, 1.165) is 49.2 Å². The van der Waals surface area contributed by atoms with E-state index < -0.39 is 0 Å². The van der Waals surface area contributed by atoms with E-state index in [0.29, 0.717) is 28.0 Å². The predicted octanol–water partition coefficient (Wildman–Crippen LogP) is 5.59. The van der Waals surface area contributed by atoms with Crippen LogP contribution in [-0.4, -0.2) is 30.1 Å². The fourth-order valence-electron chi connectivity index (χ4n) is 3.11. The third-order valence-electron chi connectivity index (χ3n) is 4.76. The van der Waals surface area contributed by atoms with Crippen LogP contribution in [0.3, 0.4) is 0 Å². The minimum absolute atomic E-state index is 0.439. The summed E-state index contributed by atoms with van der Waals surface area (Å²) < 4.78 is 0. The van der Waals surface area contributed by atoms with Crippen LogP contribution in [0.2, 0.25) is 5.02 Å². The summed E-state index contributed by atoms with van der Waals surface area (Å²) >= 11 is 6.29. The van der Waals surface area contributed by atoms with Crippen molar-refractivity contribution in [2.75, 3.05) is 30.8 Å². The molecule has 0 fully saturated rings. The van der Waals surface area contributed by atoms with Crippen LogP contribution in [0.4, 0.5) is 17.5 Å². The van der Waals surface area contributed by atoms with Crippen LogP contribution in [0.15, 0.2) is 48.5 Å². The van der Waals surface area contributed by atoms with Crippen LogP contribution in [0, 0.1) is 23.2 Å². The van der Waals surface area contributed by atoms with Gasteiger partial charge >= 0.3 is 0 Å². The van der Waals surface area contributed by atoms with Gasteiger partial charge in [-0.25, -0.2) is 4.98 Å². The first kappa shape index (κ1) is 24.1. The maximum Gasteiger partial charge on any atom is 0.229 e. The summed E-state index contributed by atoms with van der Waals surface area (Å²) in [4.78, 5) is 9.53. The number of hydrogen-bond donors (Lipinski definition) is 3. The number of unbranched alkanes of at least 4 members (excludes halogenated alkanes) is 1. The second kappa shape index (κ2) is 12.5. The van der Waals surface area contributed by atoms with E-state index in [1.165, 1.54) is 0 Å². The fourth-order valence-corrected chi connectivity index (χ4v) is 3.30. The Hall–Kier alpha value is -3.58. The number of halogens is 1. The first-order chi connectivity index (χ1) is 16.1. The van der Waals surface area contributed by atoms with Crippen molar-refractivity contribution in [2.45, 2.75) is 26.2 Å². The van der Waals surface area contributed by atoms with E-state index in [9.17, 15) is 0 Å². The first-order valence-electron chi connectivity index (χ1n) is 11.0. The monoisotopic (exact) mass is 458 g/mol. The SMILES string of the molecule is CCCNc1nc(Nc2ccc(C#N)cc2)nc(-c2cccc(Cl)c2)c1C#CCCCNC. The molecule has 0 aliphatic carbocycles. The highest BCUT2D eigenvalue weighted by atomic mass is 35.5. The molecular weight excluding hydrogens is 432 g/mol. The van der Waals surface area contributed by atoms with Crippen molar-refractivity contribution in [1.29, 1.82) is 5.26 Å². The van der Waals surface area contributed by atoms with Gasteiger partial charge in [0.05, 0.1) is 22.9 Å². The Balaban J connectivity index is 2.07. The van der Waals surface area contributed by atoms with Crippen molar-refractivity contribution in [3.05, 3.63) is 64.7 Å². The molecule has 168 valence electrons. The number of nitrogens with zero attached hydrogens (tertiary/aromatic N) is 3. The van der Waals surface area contributed by atoms with Crippen molar-refractivity contribution >= 4 is 29.1 Å². The van der Waals surface area contributed by atoms with Crippen LogP contribution in [0.25, 0.3) is 11.3 Å². The Morgan fingerprint density at radius 3 is 2.58 bits per heavy atom. The van der Waals surface area contributed by atoms with Gasteiger partial charge in [0.1, 0.15) is 5.82 Å². The number of rotatable bonds is 9. The van der Waals surface area contributed by atoms with Gasteiger partial charge in [-0.15, -0.1) is 0 Å². The second-order valence-electron chi connectivity index (χ2n) is 7.38. The van der Waals surface area contributed by atoms with Crippen molar-refractivity contribution in [2.24, 2.45) is 0 Å². The molecule has 0 atom stereocenters. The van der Waals surface area contributed by atoms with E-state index in [-0.39, 0.29) is 0 Å². The third-order valence-corrected chi connectivity index (χ3v) is 5.00. The molecule has 0 aliphatic rings. The van der Waals surface area contributed by atoms with E-state index >= 15 is 0 Å². The number of nitriles is 1. The molecule has 7 heteroatoms. The molecule has 0 bridgehead atoms. The molecule has 3 N–H and O–H groups in total. The highest BCUT2D eigenvalue weighted by Gasteiger charge is 2.15. The Labute approximate surface area is 200 Å². The van der Waals surface area contributed by atoms with Gasteiger partial charge in [0.2, 0.25) is 5.95 Å². The molecule has 3 aromatic rings. The summed E-state index contributed by atoms with van der Waals surface area (Å²) in [6.45, 7) is 3.78. The standard InChI is InChI=1S/C26H27ClN6/c1-3-15-30-25-23(10-5-4-6-16-29-2)24(20-8-7-9-21(27)17-20)32-26(33-25)31-22-13-11-19(18-28)12-14-22/h7-9,11-14,17,29H,3-4,6,15-16H2,1-2H3,(H2,30,31,32,33). The van der Waals surface area contributed by atoms with Gasteiger partial charge in [0.15, 0.2) is 0 Å². The first-order valence-corrected chi connectivity index (χ1v) is 11.3. The highest BCUT2D eigenvalue weighted by molar-refractivity contribution is 6.30. The van der Waals surface area contributed by atoms with Crippen molar-refractivity contribution in [1.82, 2.24) is 15.3 Å². The predicted molar refractivity (Wildman–Crippen MR) is 136 cm³/mol. The fraction of sp³-hybridized carbons (Fsp3) is 0.269. The summed E-state index contributed by atoms with van der Waals surface area (Å²) in [5.41, 5.74) is 3.71. The minimum Gasteiger partial charge on any atom is -0.369 e. The molecule has 6 nitrogen and oxygen atoms in total. The van der Waals surface area contributed by atoms with Gasteiger partial charge < -0.3 is 16.0 Å². The molecular formula is C26H27ClN6. The Kier molecular flexibility index (Phi) is 9.08. The maximum atomic E-state index is 9.04. The quantitative estimate of drug-likeness (QED) is 0.286. The van der Waals surface area contributed by atoms with Crippen molar-refractivity contribution in [3.63, 3.8) is 0 Å². The van der Waals surface area contributed by atoms with Crippen LogP contribution >= 0.6 is 11.6 Å². The van der Waals surface area contributed by atoms with Crippen molar-refractivity contribution < 1.29 is 0 Å². The second-order valence-corrected chi connectivity index (χ2v) is 7.82. The molecule has 2 aromatic carbocycles. The van der Waals surface area contributed by atoms with Gasteiger partial charge in [-0.3, -0.25) is 0 Å². The van der Waals surface area contributed by atoms with Gasteiger partial charge in [-0.05, 0) is 62.8 Å². The zero-order valence-corrected chi connectivity index (χ0v) is 19.6. The van der Waals surface area contributed by atoms with Crippen LogP contribution < -0.4 is 16.0 Å². The summed E-state index contributed by atoms with van der Waals surface area (Å²) in [5.74, 6) is 7.69. The van der Waals surface area contributed by atoms with Gasteiger partial charge in [-0.2, -0.15) is 10.2 Å². The van der Waals surface area contributed by atoms with Crippen LogP contribution in [0.1, 0.15) is 37.3 Å². The lowest BCUT2D eigenvalue weighted by Crippen LogP contribution is -2.09. The molecule has 1 aromatic heterocycles. The summed E-state index contributed by atoms with van der Waals surface area (Å²) in [5, 5.41) is 19.5. The van der Waals surface area contributed by atoms with Gasteiger partial charge in [0.25, 0.3) is 0 Å². The molecule has 0 spiro atoms. The Bertz CT molecular complexity index is 1170. The van der Waals surface area contributed by atoms with Crippen molar-refractivity contribution in [3.8, 4) is 29.2 Å². The molecule has 0 aliphatic heterocycles. The molecule has 0 amide bonds. The largest absolute Gasteiger partial charge is 0.369 e. The Morgan fingerprint density at radius 1 is 1.06 bits per heavy atom. The molecule has 0 unspecified atom stereocenters. The molecule has 0 saturated heterocycles. The number of aromatic nitrogens is 2. The lowest BCUT2D eigenvalue weighted by Gasteiger charge is -2.14. The zero-order valence-electron chi connectivity index (χ0n) is 18.9. The van der Waals surface area contributed by atoms with E-state index in [1.807, 2.05) is 43.4 Å². The third kappa shape index (κ3) is 6.95. The Morgan fingerprint density at radius 2 is 1.88 bits per heavy atom. The smallest absolute Gasteiger partial charge is 0.229 e.